The lowest BCUT2D eigenvalue weighted by Crippen LogP contribution is -3.18. The Kier molecular flexibility index (Phi) is 4.43. The Morgan fingerprint density at radius 1 is 0.875 bits per heavy atom. The van der Waals surface area contributed by atoms with Gasteiger partial charge in [0.05, 0.1) is 13.2 Å². The third kappa shape index (κ3) is 2.78. The number of rotatable bonds is 2. The molecule has 24 heavy (non-hydrogen) atoms. The lowest BCUT2D eigenvalue weighted by atomic mass is 9.85. The molecule has 2 heterocycles. The molecule has 1 N–H and O–H groups in total. The summed E-state index contributed by atoms with van der Waals surface area (Å²) in [7, 11) is 0. The first-order chi connectivity index (χ1) is 11.8. The molecule has 0 spiro atoms. The van der Waals surface area contributed by atoms with E-state index in [-0.39, 0.29) is 6.10 Å². The summed E-state index contributed by atoms with van der Waals surface area (Å²) < 4.78 is 6.52. The van der Waals surface area contributed by atoms with E-state index in [0.717, 1.165) is 6.61 Å². The van der Waals surface area contributed by atoms with Gasteiger partial charge in [-0.15, -0.1) is 0 Å². The van der Waals surface area contributed by atoms with Gasteiger partial charge in [0.2, 0.25) is 0 Å². The fourth-order valence-corrected chi connectivity index (χ4v) is 4.69. The Morgan fingerprint density at radius 2 is 1.54 bits per heavy atom. The van der Waals surface area contributed by atoms with Gasteiger partial charge in [0.25, 0.3) is 0 Å². The molecule has 2 aliphatic heterocycles. The van der Waals surface area contributed by atoms with Crippen molar-refractivity contribution in [2.75, 3.05) is 13.2 Å². The van der Waals surface area contributed by atoms with E-state index in [1.807, 2.05) is 0 Å². The predicted molar refractivity (Wildman–Crippen MR) is 97.3 cm³/mol. The molecule has 0 saturated carbocycles. The minimum absolute atomic E-state index is 0.164. The Balaban J connectivity index is 1.80. The SMILES string of the molecule is Cc1ccccc1C1OCC2CCCC[NH+]2C1c1ccccc1C. The summed E-state index contributed by atoms with van der Waals surface area (Å²) in [6, 6.07) is 18.7. The summed E-state index contributed by atoms with van der Waals surface area (Å²) in [5.74, 6) is 0. The van der Waals surface area contributed by atoms with Crippen LogP contribution < -0.4 is 4.90 Å². The number of hydrogen-bond acceptors (Lipinski definition) is 1. The maximum atomic E-state index is 6.52. The average Bonchev–Trinajstić information content (AvgIpc) is 2.62. The summed E-state index contributed by atoms with van der Waals surface area (Å²) in [4.78, 5) is 1.75. The fraction of sp³-hybridized carbons (Fsp3) is 0.455. The van der Waals surface area contributed by atoms with Gasteiger partial charge in [-0.05, 0) is 43.4 Å². The van der Waals surface area contributed by atoms with E-state index >= 15 is 0 Å². The fourth-order valence-electron chi connectivity index (χ4n) is 4.69. The molecule has 2 nitrogen and oxygen atoms in total. The van der Waals surface area contributed by atoms with E-state index in [4.69, 9.17) is 4.74 Å². The number of aryl methyl sites for hydroxylation is 2. The highest BCUT2D eigenvalue weighted by Gasteiger charge is 2.45. The number of fused-ring (bicyclic) bond motifs is 1. The van der Waals surface area contributed by atoms with Gasteiger partial charge in [-0.1, -0.05) is 48.5 Å². The number of nitrogens with one attached hydrogen (secondary N) is 1. The topological polar surface area (TPSA) is 13.7 Å². The lowest BCUT2D eigenvalue weighted by Gasteiger charge is -2.46. The van der Waals surface area contributed by atoms with Gasteiger partial charge in [0.15, 0.2) is 0 Å². The average molecular weight is 322 g/mol. The predicted octanol–water partition coefficient (Wildman–Crippen LogP) is 3.55. The molecule has 4 unspecified atom stereocenters. The van der Waals surface area contributed by atoms with Crippen LogP contribution in [0.1, 0.15) is 53.7 Å². The molecule has 126 valence electrons. The molecule has 2 saturated heterocycles. The Hall–Kier alpha value is -1.64. The first-order valence-electron chi connectivity index (χ1n) is 9.34. The van der Waals surface area contributed by atoms with Crippen molar-refractivity contribution in [3.63, 3.8) is 0 Å². The number of morpholine rings is 1. The van der Waals surface area contributed by atoms with Crippen molar-refractivity contribution in [1.29, 1.82) is 0 Å². The maximum absolute atomic E-state index is 6.52. The molecule has 2 fully saturated rings. The normalized spacial score (nSPS) is 29.9. The van der Waals surface area contributed by atoms with Gasteiger partial charge in [0.1, 0.15) is 18.2 Å². The van der Waals surface area contributed by atoms with Crippen molar-refractivity contribution >= 4 is 0 Å². The van der Waals surface area contributed by atoms with Crippen LogP contribution in [0.15, 0.2) is 48.5 Å². The zero-order valence-electron chi connectivity index (χ0n) is 14.8. The number of benzene rings is 2. The molecule has 0 aromatic heterocycles. The van der Waals surface area contributed by atoms with E-state index in [2.05, 4.69) is 62.4 Å². The monoisotopic (exact) mass is 322 g/mol. The second-order valence-electron chi connectivity index (χ2n) is 7.46. The van der Waals surface area contributed by atoms with Crippen molar-refractivity contribution < 1.29 is 9.64 Å². The third-order valence-electron chi connectivity index (χ3n) is 5.99. The summed E-state index contributed by atoms with van der Waals surface area (Å²) in [5, 5.41) is 0. The molecule has 2 aromatic rings. The molecule has 4 rings (SSSR count). The molecular formula is C22H28NO+. The Bertz CT molecular complexity index is 711. The first kappa shape index (κ1) is 15.9. The van der Waals surface area contributed by atoms with Crippen molar-refractivity contribution in [3.05, 3.63) is 70.8 Å². The molecule has 0 amide bonds. The van der Waals surface area contributed by atoms with Crippen LogP contribution in [0.5, 0.6) is 0 Å². The van der Waals surface area contributed by atoms with Gasteiger partial charge in [-0.3, -0.25) is 0 Å². The third-order valence-corrected chi connectivity index (χ3v) is 5.99. The van der Waals surface area contributed by atoms with Gasteiger partial charge >= 0.3 is 0 Å². The molecule has 0 bridgehead atoms. The largest absolute Gasteiger partial charge is 0.361 e. The van der Waals surface area contributed by atoms with Crippen LogP contribution >= 0.6 is 0 Å². The molecule has 4 atom stereocenters. The van der Waals surface area contributed by atoms with Gasteiger partial charge in [0, 0.05) is 12.0 Å². The van der Waals surface area contributed by atoms with Crippen molar-refractivity contribution in [3.8, 4) is 0 Å². The van der Waals surface area contributed by atoms with Crippen LogP contribution in [0.2, 0.25) is 0 Å². The van der Waals surface area contributed by atoms with E-state index < -0.39 is 0 Å². The Morgan fingerprint density at radius 3 is 2.25 bits per heavy atom. The lowest BCUT2D eigenvalue weighted by molar-refractivity contribution is -0.974. The highest BCUT2D eigenvalue weighted by molar-refractivity contribution is 5.34. The summed E-state index contributed by atoms with van der Waals surface area (Å²) >= 11 is 0. The number of quaternary nitrogens is 1. The zero-order valence-corrected chi connectivity index (χ0v) is 14.8. The first-order valence-corrected chi connectivity index (χ1v) is 9.34. The zero-order chi connectivity index (χ0) is 16.5. The molecule has 2 aliphatic rings. The van der Waals surface area contributed by atoms with Crippen LogP contribution in [-0.2, 0) is 4.74 Å². The number of piperidine rings is 1. The van der Waals surface area contributed by atoms with Crippen molar-refractivity contribution in [2.45, 2.75) is 51.3 Å². The highest BCUT2D eigenvalue weighted by Crippen LogP contribution is 2.36. The van der Waals surface area contributed by atoms with E-state index in [1.54, 1.807) is 4.90 Å². The van der Waals surface area contributed by atoms with Crippen LogP contribution in [0.3, 0.4) is 0 Å². The second-order valence-corrected chi connectivity index (χ2v) is 7.46. The maximum Gasteiger partial charge on any atom is 0.144 e. The van der Waals surface area contributed by atoms with Crippen LogP contribution in [0, 0.1) is 13.8 Å². The van der Waals surface area contributed by atoms with Gasteiger partial charge in [-0.2, -0.15) is 0 Å². The molecule has 0 aliphatic carbocycles. The van der Waals surface area contributed by atoms with Crippen LogP contribution in [0.4, 0.5) is 0 Å². The quantitative estimate of drug-likeness (QED) is 0.893. The Labute approximate surface area is 145 Å². The molecule has 2 aromatic carbocycles. The van der Waals surface area contributed by atoms with Gasteiger partial charge < -0.3 is 9.64 Å². The minimum Gasteiger partial charge on any atom is -0.361 e. The summed E-state index contributed by atoms with van der Waals surface area (Å²) in [5.41, 5.74) is 5.56. The number of hydrogen-bond donors (Lipinski definition) is 1. The van der Waals surface area contributed by atoms with E-state index in [0.29, 0.717) is 12.1 Å². The van der Waals surface area contributed by atoms with Crippen molar-refractivity contribution in [2.24, 2.45) is 0 Å². The molecule has 2 heteroatoms. The summed E-state index contributed by atoms with van der Waals surface area (Å²) in [6.45, 7) is 6.63. The van der Waals surface area contributed by atoms with E-state index in [9.17, 15) is 0 Å². The van der Waals surface area contributed by atoms with Crippen molar-refractivity contribution in [1.82, 2.24) is 0 Å². The smallest absolute Gasteiger partial charge is 0.144 e. The van der Waals surface area contributed by atoms with Crippen LogP contribution in [-0.4, -0.2) is 19.2 Å². The molecule has 0 radical (unpaired) electrons. The summed E-state index contributed by atoms with van der Waals surface area (Å²) in [6.07, 6.45) is 4.16. The van der Waals surface area contributed by atoms with Gasteiger partial charge in [-0.25, -0.2) is 0 Å². The second kappa shape index (κ2) is 6.70. The van der Waals surface area contributed by atoms with E-state index in [1.165, 1.54) is 48.1 Å². The highest BCUT2D eigenvalue weighted by atomic mass is 16.5. The number of ether oxygens (including phenoxy) is 1. The van der Waals surface area contributed by atoms with Crippen LogP contribution in [0.25, 0.3) is 0 Å². The standard InChI is InChI=1S/C22H27NO/c1-16-9-3-5-12-19(16)21-22(20-13-6-4-10-17(20)2)24-15-18-11-7-8-14-23(18)21/h3-6,9-10,12-13,18,21-22H,7-8,11,14-15H2,1-2H3/p+1. The minimum atomic E-state index is 0.164. The molecular weight excluding hydrogens is 294 g/mol.